The van der Waals surface area contributed by atoms with E-state index in [9.17, 15) is 14.4 Å². The van der Waals surface area contributed by atoms with Gasteiger partial charge < -0.3 is 14.8 Å². The van der Waals surface area contributed by atoms with Gasteiger partial charge in [0, 0.05) is 24.9 Å². The molecular formula is C27H28N4O5S. The highest BCUT2D eigenvalue weighted by atomic mass is 32.1. The second kappa shape index (κ2) is 14.8. The summed E-state index contributed by atoms with van der Waals surface area (Å²) in [5.74, 6) is 0.221. The Morgan fingerprint density at radius 2 is 1.24 bits per heavy atom. The molecule has 192 valence electrons. The van der Waals surface area contributed by atoms with Crippen molar-refractivity contribution in [1.82, 2.24) is 21.5 Å². The molecule has 3 aromatic carbocycles. The minimum atomic E-state index is -0.453. The van der Waals surface area contributed by atoms with Gasteiger partial charge in [-0.25, -0.2) is 0 Å². The van der Waals surface area contributed by atoms with E-state index in [0.717, 1.165) is 11.3 Å². The van der Waals surface area contributed by atoms with E-state index in [-0.39, 0.29) is 23.9 Å². The maximum atomic E-state index is 12.4. The Bertz CT molecular complexity index is 1170. The molecule has 10 heteroatoms. The van der Waals surface area contributed by atoms with E-state index in [2.05, 4.69) is 21.5 Å². The summed E-state index contributed by atoms with van der Waals surface area (Å²) < 4.78 is 11.2. The van der Waals surface area contributed by atoms with Gasteiger partial charge in [-0.15, -0.1) is 0 Å². The maximum Gasteiger partial charge on any atom is 0.257 e. The molecule has 3 amide bonds. The number of thiocarbonyl (C=S) groups is 1. The maximum absolute atomic E-state index is 12.4. The molecule has 3 aromatic rings. The van der Waals surface area contributed by atoms with Crippen molar-refractivity contribution in [2.45, 2.75) is 19.4 Å². The molecule has 0 saturated carbocycles. The van der Waals surface area contributed by atoms with E-state index in [1.807, 2.05) is 60.7 Å². The van der Waals surface area contributed by atoms with Gasteiger partial charge in [-0.3, -0.25) is 30.6 Å². The van der Waals surface area contributed by atoms with E-state index in [4.69, 9.17) is 21.7 Å². The average molecular weight is 521 g/mol. The lowest BCUT2D eigenvalue weighted by atomic mass is 10.2. The number of hydrazine groups is 1. The molecule has 0 aliphatic rings. The van der Waals surface area contributed by atoms with Crippen molar-refractivity contribution < 1.29 is 23.9 Å². The van der Waals surface area contributed by atoms with Gasteiger partial charge in [0.2, 0.25) is 11.8 Å². The number of carbonyl (C=O) groups is 3. The standard InChI is InChI=1S/C27H28N4O5S/c32-24(28-19-20-7-3-1-4-8-20)15-16-25(33)30-31-27(37)29-26(34)21-11-13-23(14-12-21)36-18-17-35-22-9-5-2-6-10-22/h1-14H,15-19H2,(H,28,32)(H,30,33)(H2,29,31,34,37). The van der Waals surface area contributed by atoms with Crippen LogP contribution in [-0.4, -0.2) is 36.0 Å². The second-order valence-electron chi connectivity index (χ2n) is 7.75. The fourth-order valence-electron chi connectivity index (χ4n) is 3.05. The molecule has 0 atom stereocenters. The van der Waals surface area contributed by atoms with Crippen molar-refractivity contribution in [1.29, 1.82) is 0 Å². The van der Waals surface area contributed by atoms with Crippen LogP contribution >= 0.6 is 12.2 Å². The fraction of sp³-hybridized carbons (Fsp3) is 0.185. The molecule has 0 aliphatic carbocycles. The summed E-state index contributed by atoms with van der Waals surface area (Å²) in [6.45, 7) is 1.13. The zero-order chi connectivity index (χ0) is 26.3. The topological polar surface area (TPSA) is 118 Å². The Morgan fingerprint density at radius 3 is 1.89 bits per heavy atom. The smallest absolute Gasteiger partial charge is 0.257 e. The lowest BCUT2D eigenvalue weighted by molar-refractivity contribution is -0.126. The third-order valence-corrected chi connectivity index (χ3v) is 5.14. The Labute approximate surface area is 220 Å². The van der Waals surface area contributed by atoms with E-state index in [1.54, 1.807) is 24.3 Å². The van der Waals surface area contributed by atoms with Gasteiger partial charge in [0.25, 0.3) is 5.91 Å². The number of ether oxygens (including phenoxy) is 2. The molecule has 9 nitrogen and oxygen atoms in total. The highest BCUT2D eigenvalue weighted by molar-refractivity contribution is 7.80. The van der Waals surface area contributed by atoms with E-state index < -0.39 is 11.8 Å². The molecule has 0 aliphatic heterocycles. The van der Waals surface area contributed by atoms with Crippen molar-refractivity contribution in [2.75, 3.05) is 13.2 Å². The molecule has 0 spiro atoms. The van der Waals surface area contributed by atoms with Crippen LogP contribution in [0.15, 0.2) is 84.9 Å². The summed E-state index contributed by atoms with van der Waals surface area (Å²) in [6.07, 6.45) is -0.0195. The van der Waals surface area contributed by atoms with Crippen molar-refractivity contribution in [2.24, 2.45) is 0 Å². The van der Waals surface area contributed by atoms with Crippen LogP contribution < -0.4 is 31.0 Å². The third kappa shape index (κ3) is 10.4. The molecule has 0 radical (unpaired) electrons. The molecule has 0 bridgehead atoms. The van der Waals surface area contributed by atoms with Crippen LogP contribution in [0.2, 0.25) is 0 Å². The monoisotopic (exact) mass is 520 g/mol. The number of carbonyl (C=O) groups excluding carboxylic acids is 3. The first-order valence-electron chi connectivity index (χ1n) is 11.6. The quantitative estimate of drug-likeness (QED) is 0.174. The molecule has 0 heterocycles. The van der Waals surface area contributed by atoms with Gasteiger partial charge in [-0.2, -0.15) is 0 Å². The van der Waals surface area contributed by atoms with Gasteiger partial charge in [0.15, 0.2) is 5.11 Å². The average Bonchev–Trinajstić information content (AvgIpc) is 2.93. The number of hydrogen-bond donors (Lipinski definition) is 4. The van der Waals surface area contributed by atoms with Crippen LogP contribution in [0.4, 0.5) is 0 Å². The molecule has 3 rings (SSSR count). The zero-order valence-electron chi connectivity index (χ0n) is 20.1. The van der Waals surface area contributed by atoms with Crippen LogP contribution in [-0.2, 0) is 16.1 Å². The molecule has 4 N–H and O–H groups in total. The molecule has 0 unspecified atom stereocenters. The summed E-state index contributed by atoms with van der Waals surface area (Å²) in [5.41, 5.74) is 6.15. The number of amides is 3. The Balaban J connectivity index is 1.28. The van der Waals surface area contributed by atoms with Gasteiger partial charge in [-0.1, -0.05) is 48.5 Å². The molecule has 0 saturated heterocycles. The van der Waals surface area contributed by atoms with Gasteiger partial charge in [0.1, 0.15) is 24.7 Å². The lowest BCUT2D eigenvalue weighted by Crippen LogP contribution is -2.48. The van der Waals surface area contributed by atoms with Crippen LogP contribution in [0.25, 0.3) is 0 Å². The SMILES string of the molecule is O=C(CCC(=O)NNC(=S)NC(=O)c1ccc(OCCOc2ccccc2)cc1)NCc1ccccc1. The van der Waals surface area contributed by atoms with Crippen LogP contribution in [0.1, 0.15) is 28.8 Å². The Morgan fingerprint density at radius 1 is 0.676 bits per heavy atom. The van der Waals surface area contributed by atoms with Crippen LogP contribution in [0.3, 0.4) is 0 Å². The van der Waals surface area contributed by atoms with Crippen molar-refractivity contribution in [3.05, 3.63) is 96.1 Å². The largest absolute Gasteiger partial charge is 0.490 e. The minimum absolute atomic E-state index is 0.0201. The summed E-state index contributed by atoms with van der Waals surface area (Å²) in [6, 6.07) is 25.4. The van der Waals surface area contributed by atoms with E-state index in [0.29, 0.717) is 31.1 Å². The minimum Gasteiger partial charge on any atom is -0.490 e. The number of para-hydroxylation sites is 1. The molecule has 0 fully saturated rings. The molecular weight excluding hydrogens is 492 g/mol. The van der Waals surface area contributed by atoms with Crippen molar-refractivity contribution in [3.8, 4) is 11.5 Å². The van der Waals surface area contributed by atoms with Crippen LogP contribution in [0, 0.1) is 0 Å². The summed E-state index contributed by atoms with van der Waals surface area (Å²) in [7, 11) is 0. The van der Waals surface area contributed by atoms with Gasteiger partial charge >= 0.3 is 0 Å². The van der Waals surface area contributed by atoms with Crippen LogP contribution in [0.5, 0.6) is 11.5 Å². The fourth-order valence-corrected chi connectivity index (χ4v) is 3.19. The first-order valence-corrected chi connectivity index (χ1v) is 12.0. The van der Waals surface area contributed by atoms with E-state index >= 15 is 0 Å². The molecule has 0 aromatic heterocycles. The van der Waals surface area contributed by atoms with Crippen molar-refractivity contribution in [3.63, 3.8) is 0 Å². The normalized spacial score (nSPS) is 10.1. The summed E-state index contributed by atoms with van der Waals surface area (Å²) in [4.78, 5) is 36.2. The predicted molar refractivity (Wildman–Crippen MR) is 143 cm³/mol. The first kappa shape index (κ1) is 27.2. The first-order chi connectivity index (χ1) is 18.0. The third-order valence-electron chi connectivity index (χ3n) is 4.93. The number of benzene rings is 3. The van der Waals surface area contributed by atoms with E-state index in [1.165, 1.54) is 0 Å². The number of rotatable bonds is 11. The second-order valence-corrected chi connectivity index (χ2v) is 8.16. The van der Waals surface area contributed by atoms with Crippen molar-refractivity contribution >= 4 is 35.1 Å². The highest BCUT2D eigenvalue weighted by Gasteiger charge is 2.10. The summed E-state index contributed by atoms with van der Waals surface area (Å²) in [5, 5.41) is 5.14. The Kier molecular flexibility index (Phi) is 10.9. The highest BCUT2D eigenvalue weighted by Crippen LogP contribution is 2.13. The molecule has 37 heavy (non-hydrogen) atoms. The van der Waals surface area contributed by atoms with Gasteiger partial charge in [0.05, 0.1) is 0 Å². The lowest BCUT2D eigenvalue weighted by Gasteiger charge is -2.11. The Hall–Kier alpha value is -4.44. The number of nitrogens with one attached hydrogen (secondary N) is 4. The summed E-state index contributed by atoms with van der Waals surface area (Å²) >= 11 is 5.04. The zero-order valence-corrected chi connectivity index (χ0v) is 20.9. The number of hydrogen-bond acceptors (Lipinski definition) is 6. The van der Waals surface area contributed by atoms with Gasteiger partial charge in [-0.05, 0) is 54.2 Å². The predicted octanol–water partition coefficient (Wildman–Crippen LogP) is 2.88.